The van der Waals surface area contributed by atoms with Gasteiger partial charge in [-0.2, -0.15) is 0 Å². The van der Waals surface area contributed by atoms with Crippen molar-refractivity contribution in [1.82, 2.24) is 0 Å². The first kappa shape index (κ1) is 18.3. The molecule has 0 aliphatic carbocycles. The molecule has 132 valence electrons. The van der Waals surface area contributed by atoms with Gasteiger partial charge in [-0.3, -0.25) is 0 Å². The molecule has 0 radical (unpaired) electrons. The zero-order valence-corrected chi connectivity index (χ0v) is 14.3. The molecule has 0 bridgehead atoms. The summed E-state index contributed by atoms with van der Waals surface area (Å²) < 4.78 is 0. The predicted octanol–water partition coefficient (Wildman–Crippen LogP) is 8.07. The van der Waals surface area contributed by atoms with Crippen LogP contribution in [0.1, 0.15) is 7.43 Å². The van der Waals surface area contributed by atoms with Gasteiger partial charge in [-0.05, 0) is 23.3 Å². The minimum atomic E-state index is 0. The van der Waals surface area contributed by atoms with Gasteiger partial charge in [0.15, 0.2) is 0 Å². The van der Waals surface area contributed by atoms with Gasteiger partial charge in [-0.15, -0.1) is 10.2 Å². The Bertz CT molecular complexity index is 937. The fourth-order valence-electron chi connectivity index (χ4n) is 2.95. The normalized spacial score (nSPS) is 10.5. The number of nitrogens with zero attached hydrogens (tertiary/aromatic N) is 2. The topological polar surface area (TPSA) is 24.7 Å². The molecule has 0 spiro atoms. The van der Waals surface area contributed by atoms with Crippen molar-refractivity contribution in [1.29, 1.82) is 0 Å². The van der Waals surface area contributed by atoms with E-state index in [1.54, 1.807) is 0 Å². The Labute approximate surface area is 160 Å². The van der Waals surface area contributed by atoms with Crippen LogP contribution < -0.4 is 0 Å². The minimum Gasteiger partial charge on any atom is -0.150 e. The molecule has 4 rings (SSSR count). The second kappa shape index (κ2) is 8.72. The lowest BCUT2D eigenvalue weighted by atomic mass is 10.0. The summed E-state index contributed by atoms with van der Waals surface area (Å²) in [5, 5.41) is 9.13. The second-order valence-corrected chi connectivity index (χ2v) is 5.97. The molecule has 0 aliphatic heterocycles. The van der Waals surface area contributed by atoms with E-state index < -0.39 is 0 Å². The minimum absolute atomic E-state index is 0. The van der Waals surface area contributed by atoms with Gasteiger partial charge in [-0.25, -0.2) is 0 Å². The molecular weight excluding hydrogens is 328 g/mol. The standard InChI is InChI=1S/C24H18N2.CH4/c1-3-11-19(12-4-1)21-15-7-9-17-23(21)25-26-24-18-10-8-16-22(24)20-13-5-2-6-14-20;/h1-18H;1H4. The van der Waals surface area contributed by atoms with Crippen molar-refractivity contribution in [2.45, 2.75) is 7.43 Å². The van der Waals surface area contributed by atoms with Crippen LogP contribution in [0.5, 0.6) is 0 Å². The van der Waals surface area contributed by atoms with Crippen molar-refractivity contribution in [2.24, 2.45) is 10.2 Å². The maximum absolute atomic E-state index is 4.56. The molecule has 0 saturated carbocycles. The summed E-state index contributed by atoms with van der Waals surface area (Å²) in [6.07, 6.45) is 0. The van der Waals surface area contributed by atoms with Crippen molar-refractivity contribution in [3.63, 3.8) is 0 Å². The first-order valence-electron chi connectivity index (χ1n) is 8.62. The summed E-state index contributed by atoms with van der Waals surface area (Å²) in [6, 6.07) is 36.7. The first-order chi connectivity index (χ1) is 12.9. The average molecular weight is 350 g/mol. The quantitative estimate of drug-likeness (QED) is 0.332. The number of rotatable bonds is 4. The number of benzene rings is 4. The summed E-state index contributed by atoms with van der Waals surface area (Å²) in [5.74, 6) is 0. The highest BCUT2D eigenvalue weighted by Crippen LogP contribution is 2.34. The van der Waals surface area contributed by atoms with Crippen molar-refractivity contribution >= 4 is 11.4 Å². The van der Waals surface area contributed by atoms with Crippen LogP contribution >= 0.6 is 0 Å². The number of hydrogen-bond donors (Lipinski definition) is 0. The maximum Gasteiger partial charge on any atom is 0.0935 e. The van der Waals surface area contributed by atoms with Crippen molar-refractivity contribution < 1.29 is 0 Å². The fraction of sp³-hybridized carbons (Fsp3) is 0.0400. The van der Waals surface area contributed by atoms with Gasteiger partial charge < -0.3 is 0 Å². The molecule has 4 aromatic carbocycles. The van der Waals surface area contributed by atoms with E-state index >= 15 is 0 Å². The zero-order valence-electron chi connectivity index (χ0n) is 14.3. The molecule has 0 aromatic heterocycles. The van der Waals surface area contributed by atoms with Gasteiger partial charge in [0.25, 0.3) is 0 Å². The lowest BCUT2D eigenvalue weighted by Gasteiger charge is -2.06. The Hall–Kier alpha value is -3.52. The predicted molar refractivity (Wildman–Crippen MR) is 115 cm³/mol. The number of hydrogen-bond acceptors (Lipinski definition) is 2. The highest BCUT2D eigenvalue weighted by molar-refractivity contribution is 5.77. The third kappa shape index (κ3) is 4.18. The monoisotopic (exact) mass is 350 g/mol. The van der Waals surface area contributed by atoms with E-state index in [4.69, 9.17) is 0 Å². The van der Waals surface area contributed by atoms with Gasteiger partial charge in [0.1, 0.15) is 0 Å². The van der Waals surface area contributed by atoms with E-state index in [-0.39, 0.29) is 7.43 Å². The summed E-state index contributed by atoms with van der Waals surface area (Å²) >= 11 is 0. The van der Waals surface area contributed by atoms with Crippen LogP contribution in [0.15, 0.2) is 119 Å². The Balaban J connectivity index is 0.00000210. The lowest BCUT2D eigenvalue weighted by molar-refractivity contribution is 1.23. The molecule has 0 aliphatic rings. The molecule has 0 fully saturated rings. The zero-order chi connectivity index (χ0) is 17.6. The van der Waals surface area contributed by atoms with Crippen LogP contribution in [0.25, 0.3) is 22.3 Å². The van der Waals surface area contributed by atoms with E-state index in [1.807, 2.05) is 72.8 Å². The molecule has 2 heteroatoms. The van der Waals surface area contributed by atoms with Gasteiger partial charge >= 0.3 is 0 Å². The average Bonchev–Trinajstić information content (AvgIpc) is 2.74. The second-order valence-electron chi connectivity index (χ2n) is 5.97. The Morgan fingerprint density at radius 3 is 1.11 bits per heavy atom. The summed E-state index contributed by atoms with van der Waals surface area (Å²) in [7, 11) is 0. The Morgan fingerprint density at radius 1 is 0.370 bits per heavy atom. The van der Waals surface area contributed by atoms with Gasteiger partial charge in [-0.1, -0.05) is 104 Å². The van der Waals surface area contributed by atoms with E-state index in [1.165, 1.54) is 0 Å². The van der Waals surface area contributed by atoms with Gasteiger partial charge in [0, 0.05) is 11.1 Å². The highest BCUT2D eigenvalue weighted by atomic mass is 15.1. The molecular formula is C25H22N2. The first-order valence-corrected chi connectivity index (χ1v) is 8.62. The number of azo groups is 1. The Morgan fingerprint density at radius 2 is 0.704 bits per heavy atom. The van der Waals surface area contributed by atoms with Crippen molar-refractivity contribution in [2.75, 3.05) is 0 Å². The SMILES string of the molecule is C.c1ccc(-c2ccccc2N=Nc2ccccc2-c2ccccc2)cc1. The van der Waals surface area contributed by atoms with E-state index in [2.05, 4.69) is 46.6 Å². The molecule has 0 N–H and O–H groups in total. The van der Waals surface area contributed by atoms with E-state index in [9.17, 15) is 0 Å². The lowest BCUT2D eigenvalue weighted by Crippen LogP contribution is -1.79. The fourth-order valence-corrected chi connectivity index (χ4v) is 2.95. The summed E-state index contributed by atoms with van der Waals surface area (Å²) in [6.45, 7) is 0. The third-order valence-corrected chi connectivity index (χ3v) is 4.24. The molecule has 0 heterocycles. The van der Waals surface area contributed by atoms with Crippen molar-refractivity contribution in [3.8, 4) is 22.3 Å². The molecule has 27 heavy (non-hydrogen) atoms. The summed E-state index contributed by atoms with van der Waals surface area (Å²) in [5.41, 5.74) is 6.16. The highest BCUT2D eigenvalue weighted by Gasteiger charge is 2.05. The van der Waals surface area contributed by atoms with E-state index in [0.29, 0.717) is 0 Å². The van der Waals surface area contributed by atoms with Crippen LogP contribution in [-0.4, -0.2) is 0 Å². The van der Waals surface area contributed by atoms with Crippen molar-refractivity contribution in [3.05, 3.63) is 109 Å². The molecule has 4 aromatic rings. The van der Waals surface area contributed by atoms with E-state index in [0.717, 1.165) is 33.6 Å². The summed E-state index contributed by atoms with van der Waals surface area (Å²) in [4.78, 5) is 0. The maximum atomic E-state index is 4.56. The van der Waals surface area contributed by atoms with Crippen LogP contribution in [0.2, 0.25) is 0 Å². The van der Waals surface area contributed by atoms with Gasteiger partial charge in [0.05, 0.1) is 11.4 Å². The van der Waals surface area contributed by atoms with Crippen LogP contribution in [0, 0.1) is 0 Å². The van der Waals surface area contributed by atoms with Crippen LogP contribution in [0.4, 0.5) is 11.4 Å². The molecule has 0 atom stereocenters. The molecule has 2 nitrogen and oxygen atoms in total. The van der Waals surface area contributed by atoms with Gasteiger partial charge in [0.2, 0.25) is 0 Å². The third-order valence-electron chi connectivity index (χ3n) is 4.24. The molecule has 0 saturated heterocycles. The molecule has 0 amide bonds. The van der Waals surface area contributed by atoms with Crippen LogP contribution in [0.3, 0.4) is 0 Å². The van der Waals surface area contributed by atoms with Crippen LogP contribution in [-0.2, 0) is 0 Å². The smallest absolute Gasteiger partial charge is 0.0935 e. The largest absolute Gasteiger partial charge is 0.150 e. The molecule has 0 unspecified atom stereocenters. The Kier molecular flexibility index (Phi) is 5.91.